The first-order valence-electron chi connectivity index (χ1n) is 8.04. The van der Waals surface area contributed by atoms with Gasteiger partial charge >= 0.3 is 5.97 Å². The molecule has 0 heterocycles. The molecule has 0 radical (unpaired) electrons. The molecule has 1 amide bonds. The summed E-state index contributed by atoms with van der Waals surface area (Å²) >= 11 is 0. The minimum Gasteiger partial charge on any atom is -0.452 e. The van der Waals surface area contributed by atoms with Gasteiger partial charge in [-0.2, -0.15) is 0 Å². The van der Waals surface area contributed by atoms with E-state index in [0.717, 1.165) is 25.5 Å². The van der Waals surface area contributed by atoms with Crippen molar-refractivity contribution in [3.8, 4) is 0 Å². The van der Waals surface area contributed by atoms with Gasteiger partial charge in [0.2, 0.25) is 0 Å². The van der Waals surface area contributed by atoms with Gasteiger partial charge in [-0.05, 0) is 30.9 Å². The van der Waals surface area contributed by atoms with Gasteiger partial charge < -0.3 is 10.1 Å². The van der Waals surface area contributed by atoms with E-state index >= 15 is 0 Å². The Kier molecular flexibility index (Phi) is 5.99. The molecule has 1 fully saturated rings. The summed E-state index contributed by atoms with van der Waals surface area (Å²) in [5, 5.41) is 2.89. The topological polar surface area (TPSA) is 89.5 Å². The Morgan fingerprint density at radius 3 is 2.54 bits per heavy atom. The maximum absolute atomic E-state index is 12.1. The molecular weight excluding hydrogens is 330 g/mol. The number of amides is 1. The first-order valence-corrected chi connectivity index (χ1v) is 9.93. The zero-order chi connectivity index (χ0) is 17.7. The van der Waals surface area contributed by atoms with Gasteiger partial charge in [0, 0.05) is 12.3 Å². The minimum atomic E-state index is -3.55. The lowest BCUT2D eigenvalue weighted by molar-refractivity contribution is -0.125. The highest BCUT2D eigenvalue weighted by atomic mass is 32.2. The van der Waals surface area contributed by atoms with E-state index in [-0.39, 0.29) is 22.4 Å². The summed E-state index contributed by atoms with van der Waals surface area (Å²) in [6.07, 6.45) is 5.28. The number of nitrogens with one attached hydrogen (secondary N) is 1. The molecule has 0 aromatic heterocycles. The smallest absolute Gasteiger partial charge is 0.339 e. The summed E-state index contributed by atoms with van der Waals surface area (Å²) in [6.45, 7) is 1.68. The van der Waals surface area contributed by atoms with Crippen LogP contribution in [0.4, 0.5) is 0 Å². The number of sulfone groups is 1. The third-order valence-corrected chi connectivity index (χ3v) is 5.45. The highest BCUT2D eigenvalue weighted by molar-refractivity contribution is 7.90. The quantitative estimate of drug-likeness (QED) is 0.817. The van der Waals surface area contributed by atoms with Gasteiger partial charge in [0.15, 0.2) is 16.4 Å². The number of hydrogen-bond acceptors (Lipinski definition) is 5. The fourth-order valence-electron chi connectivity index (χ4n) is 2.95. The van der Waals surface area contributed by atoms with E-state index in [4.69, 9.17) is 4.74 Å². The van der Waals surface area contributed by atoms with Gasteiger partial charge in [0.05, 0.1) is 10.5 Å². The van der Waals surface area contributed by atoms with E-state index in [1.165, 1.54) is 24.6 Å². The van der Waals surface area contributed by atoms with Gasteiger partial charge in [0.25, 0.3) is 5.91 Å². The average molecular weight is 353 g/mol. The number of carbonyl (C=O) groups excluding carboxylic acids is 2. The monoisotopic (exact) mass is 353 g/mol. The summed E-state index contributed by atoms with van der Waals surface area (Å²) in [5.74, 6) is -0.772. The lowest BCUT2D eigenvalue weighted by Crippen LogP contribution is -2.42. The first-order chi connectivity index (χ1) is 11.3. The van der Waals surface area contributed by atoms with Gasteiger partial charge in [-0.3, -0.25) is 4.79 Å². The standard InChI is InChI=1S/C17H23NO5S/c1-12-7-3-5-9-14(12)18-16(19)11-23-17(20)13-8-4-6-10-15(13)24(2,21)22/h4,6,8,10,12,14H,3,5,7,9,11H2,1-2H3,(H,18,19)/t12-,14+/m0/s1. The third kappa shape index (κ3) is 4.80. The molecule has 0 unspecified atom stereocenters. The molecule has 2 rings (SSSR count). The molecule has 6 nitrogen and oxygen atoms in total. The molecule has 1 saturated carbocycles. The summed E-state index contributed by atoms with van der Waals surface area (Å²) in [5.41, 5.74) is -0.0566. The molecular formula is C17H23NO5S. The van der Waals surface area contributed by atoms with Gasteiger partial charge in [-0.25, -0.2) is 13.2 Å². The summed E-state index contributed by atoms with van der Waals surface area (Å²) < 4.78 is 28.4. The van der Waals surface area contributed by atoms with Crippen molar-refractivity contribution in [2.45, 2.75) is 43.5 Å². The van der Waals surface area contributed by atoms with Crippen molar-refractivity contribution in [2.75, 3.05) is 12.9 Å². The average Bonchev–Trinajstić information content (AvgIpc) is 2.54. The molecule has 1 aromatic rings. The number of hydrogen-bond donors (Lipinski definition) is 1. The Morgan fingerprint density at radius 2 is 1.88 bits per heavy atom. The highest BCUT2D eigenvalue weighted by Crippen LogP contribution is 2.23. The number of ether oxygens (including phenoxy) is 1. The molecule has 1 aliphatic rings. The van der Waals surface area contributed by atoms with Crippen LogP contribution in [-0.2, 0) is 19.4 Å². The van der Waals surface area contributed by atoms with Crippen molar-refractivity contribution in [1.29, 1.82) is 0 Å². The number of rotatable bonds is 5. The van der Waals surface area contributed by atoms with Crippen LogP contribution < -0.4 is 5.32 Å². The Morgan fingerprint density at radius 1 is 1.21 bits per heavy atom. The van der Waals surface area contributed by atoms with Crippen molar-refractivity contribution in [3.05, 3.63) is 29.8 Å². The zero-order valence-corrected chi connectivity index (χ0v) is 14.8. The fourth-order valence-corrected chi connectivity index (χ4v) is 3.82. The van der Waals surface area contributed by atoms with Gasteiger partial charge in [-0.15, -0.1) is 0 Å². The van der Waals surface area contributed by atoms with Crippen LogP contribution in [0.5, 0.6) is 0 Å². The van der Waals surface area contributed by atoms with Crippen molar-refractivity contribution in [1.82, 2.24) is 5.32 Å². The second-order valence-electron chi connectivity index (χ2n) is 6.28. The Balaban J connectivity index is 1.95. The normalized spacial score (nSPS) is 21.1. The van der Waals surface area contributed by atoms with E-state index in [1.807, 2.05) is 0 Å². The molecule has 1 N–H and O–H groups in total. The van der Waals surface area contributed by atoms with Crippen LogP contribution >= 0.6 is 0 Å². The van der Waals surface area contributed by atoms with Crippen molar-refractivity contribution in [2.24, 2.45) is 5.92 Å². The number of benzene rings is 1. The molecule has 24 heavy (non-hydrogen) atoms. The zero-order valence-electron chi connectivity index (χ0n) is 13.9. The molecule has 1 aromatic carbocycles. The number of esters is 1. The largest absolute Gasteiger partial charge is 0.452 e. The van der Waals surface area contributed by atoms with Crippen LogP contribution in [0, 0.1) is 5.92 Å². The van der Waals surface area contributed by atoms with Crippen LogP contribution in [0.2, 0.25) is 0 Å². The Bertz CT molecular complexity index is 713. The SMILES string of the molecule is C[C@H]1CCCC[C@H]1NC(=O)COC(=O)c1ccccc1S(C)(=O)=O. The van der Waals surface area contributed by atoms with Crippen molar-refractivity contribution in [3.63, 3.8) is 0 Å². The lowest BCUT2D eigenvalue weighted by Gasteiger charge is -2.29. The summed E-state index contributed by atoms with van der Waals surface area (Å²) in [4.78, 5) is 24.0. The fraction of sp³-hybridized carbons (Fsp3) is 0.529. The molecule has 1 aliphatic carbocycles. The molecule has 7 heteroatoms. The van der Waals surface area contributed by atoms with Crippen LogP contribution in [0.25, 0.3) is 0 Å². The predicted octanol–water partition coefficient (Wildman–Crippen LogP) is 1.94. The van der Waals surface area contributed by atoms with Crippen LogP contribution in [-0.4, -0.2) is 39.2 Å². The van der Waals surface area contributed by atoms with Gasteiger partial charge in [0.1, 0.15) is 0 Å². The van der Waals surface area contributed by atoms with Crippen LogP contribution in [0.1, 0.15) is 43.0 Å². The molecule has 2 atom stereocenters. The van der Waals surface area contributed by atoms with Gasteiger partial charge in [-0.1, -0.05) is 31.9 Å². The lowest BCUT2D eigenvalue weighted by atomic mass is 9.86. The van der Waals surface area contributed by atoms with E-state index in [0.29, 0.717) is 5.92 Å². The first kappa shape index (κ1) is 18.4. The van der Waals surface area contributed by atoms with E-state index in [9.17, 15) is 18.0 Å². The summed E-state index contributed by atoms with van der Waals surface area (Å²) in [6, 6.07) is 5.91. The van der Waals surface area contributed by atoms with Crippen LogP contribution in [0.3, 0.4) is 0 Å². The Labute approximate surface area is 142 Å². The number of carbonyl (C=O) groups is 2. The molecule has 0 saturated heterocycles. The maximum atomic E-state index is 12.1. The summed E-state index contributed by atoms with van der Waals surface area (Å²) in [7, 11) is -3.55. The van der Waals surface area contributed by atoms with Crippen molar-refractivity contribution < 1.29 is 22.7 Å². The molecule has 132 valence electrons. The second-order valence-corrected chi connectivity index (χ2v) is 8.26. The van der Waals surface area contributed by atoms with E-state index in [2.05, 4.69) is 12.2 Å². The maximum Gasteiger partial charge on any atom is 0.339 e. The van der Waals surface area contributed by atoms with Crippen molar-refractivity contribution >= 4 is 21.7 Å². The second kappa shape index (κ2) is 7.79. The minimum absolute atomic E-state index is 0.0566. The van der Waals surface area contributed by atoms with Crippen LogP contribution in [0.15, 0.2) is 29.2 Å². The Hall–Kier alpha value is -1.89. The molecule has 0 bridgehead atoms. The highest BCUT2D eigenvalue weighted by Gasteiger charge is 2.24. The van der Waals surface area contributed by atoms with E-state index < -0.39 is 22.4 Å². The molecule has 0 aliphatic heterocycles. The third-order valence-electron chi connectivity index (χ3n) is 4.30. The van der Waals surface area contributed by atoms with E-state index in [1.54, 1.807) is 6.07 Å². The molecule has 0 spiro atoms. The predicted molar refractivity (Wildman–Crippen MR) is 89.4 cm³/mol.